The van der Waals surface area contributed by atoms with E-state index in [1.807, 2.05) is 4.90 Å². The minimum atomic E-state index is -1.28. The highest BCUT2D eigenvalue weighted by atomic mass is 33.1. The van der Waals surface area contributed by atoms with Gasteiger partial charge in [0.2, 0.25) is 17.7 Å². The molecular weight excluding hydrogens is 1610 g/mol. The number of likely N-dealkylation sites (tertiary alicyclic amines) is 1. The molecule has 4 fully saturated rings. The molecule has 12 N–H and O–H groups in total. The number of aliphatic hydroxyl groups excluding tert-OH is 9. The van der Waals surface area contributed by atoms with Crippen LogP contribution in [0.1, 0.15) is 258 Å². The zero-order valence-corrected chi connectivity index (χ0v) is 73.9. The number of hydrogen-bond donors (Lipinski definition) is 12. The summed E-state index contributed by atoms with van der Waals surface area (Å²) in [7, 11) is 6.45. The van der Waals surface area contributed by atoms with Gasteiger partial charge in [0.25, 0.3) is 0 Å². The van der Waals surface area contributed by atoms with Crippen LogP contribution < -0.4 is 16.0 Å². The second-order valence-electron chi connectivity index (χ2n) is 32.8. The molecule has 4 rings (SSSR count). The van der Waals surface area contributed by atoms with Crippen molar-refractivity contribution in [3.63, 3.8) is 0 Å². The molecule has 120 heavy (non-hydrogen) atoms. The monoisotopic (exact) mass is 1750 g/mol. The number of rotatable bonds is 70. The van der Waals surface area contributed by atoms with Gasteiger partial charge in [0.1, 0.15) is 60.6 Å². The first-order valence-corrected chi connectivity index (χ1v) is 46.9. The van der Waals surface area contributed by atoms with Gasteiger partial charge < -0.3 is 119 Å². The van der Waals surface area contributed by atoms with Gasteiger partial charge in [-0.1, -0.05) is 100 Å². The summed E-state index contributed by atoms with van der Waals surface area (Å²) in [6.07, 6.45) is 7.47. The number of carbonyl (C=O) groups is 9. The third-order valence-corrected chi connectivity index (χ3v) is 25.4. The Kier molecular flexibility index (Phi) is 57.9. The zero-order valence-electron chi connectivity index (χ0n) is 72.2. The molecule has 0 bridgehead atoms. The molecule has 4 amide bonds. The molecule has 0 aromatic heterocycles. The van der Waals surface area contributed by atoms with Crippen molar-refractivity contribution in [2.45, 2.75) is 344 Å². The van der Waals surface area contributed by atoms with E-state index >= 15 is 0 Å². The van der Waals surface area contributed by atoms with Gasteiger partial charge in [0.05, 0.1) is 89.9 Å². The number of unbranched alkanes of at least 4 members (excludes halogenated alkanes) is 13. The zero-order chi connectivity index (χ0) is 87.9. The predicted octanol–water partition coefficient (Wildman–Crippen LogP) is 6.69. The van der Waals surface area contributed by atoms with E-state index in [0.717, 1.165) is 77.0 Å². The topological polar surface area (TPSA) is 477 Å². The maximum Gasteiger partial charge on any atom is 0.407 e. The van der Waals surface area contributed by atoms with Crippen LogP contribution in [0.3, 0.4) is 0 Å². The van der Waals surface area contributed by atoms with Crippen LogP contribution in [0.4, 0.5) is 4.79 Å². The Labute approximate surface area is 718 Å². The van der Waals surface area contributed by atoms with Crippen LogP contribution in [0.5, 0.6) is 0 Å². The number of ether oxygens (including phenoxy) is 11. The molecule has 0 radical (unpaired) electrons. The maximum atomic E-state index is 14.2. The molecule has 4 heterocycles. The molecule has 35 heteroatoms. The van der Waals surface area contributed by atoms with Crippen LogP contribution in [0.15, 0.2) is 0 Å². The van der Waals surface area contributed by atoms with E-state index in [1.54, 1.807) is 56.6 Å². The fourth-order valence-corrected chi connectivity index (χ4v) is 17.5. The van der Waals surface area contributed by atoms with Gasteiger partial charge in [-0.2, -0.15) is 0 Å². The number of methoxy groups -OCH3 is 2. The maximum absolute atomic E-state index is 14.2. The second-order valence-corrected chi connectivity index (χ2v) is 35.5. The lowest BCUT2D eigenvalue weighted by Gasteiger charge is -2.40. The first kappa shape index (κ1) is 108. The average Bonchev–Trinajstić information content (AvgIpc) is 1.08. The molecule has 33 nitrogen and oxygen atoms in total. The first-order chi connectivity index (χ1) is 57.8. The Morgan fingerprint density at radius 3 is 1.32 bits per heavy atom. The summed E-state index contributed by atoms with van der Waals surface area (Å²) in [6.45, 7) is 6.16. The van der Waals surface area contributed by atoms with Crippen LogP contribution >= 0.6 is 21.6 Å². The van der Waals surface area contributed by atoms with Crippen molar-refractivity contribution in [3.05, 3.63) is 0 Å². The lowest BCUT2D eigenvalue weighted by atomic mass is 9.71. The molecule has 0 aromatic carbocycles. The van der Waals surface area contributed by atoms with Crippen molar-refractivity contribution in [3.8, 4) is 0 Å². The number of Topliss-reactive ketones (excluding diaryl/α,β-unsaturated/α-hetero) is 3. The quantitative estimate of drug-likeness (QED) is 0.0131. The van der Waals surface area contributed by atoms with Crippen LogP contribution in [0.2, 0.25) is 0 Å². The lowest BCUT2D eigenvalue weighted by Crippen LogP contribution is -2.55. The Bertz CT molecular complexity index is 2750. The van der Waals surface area contributed by atoms with Gasteiger partial charge in [-0.3, -0.25) is 38.4 Å². The number of hydrogen-bond acceptors (Lipinski definition) is 31. The molecular formula is C85H150N4O29S2. The summed E-state index contributed by atoms with van der Waals surface area (Å²) in [6, 6.07) is -0.0188. The molecule has 4 saturated heterocycles. The van der Waals surface area contributed by atoms with Crippen LogP contribution in [0.25, 0.3) is 0 Å². The second kappa shape index (κ2) is 64.4. The van der Waals surface area contributed by atoms with Gasteiger partial charge in [0, 0.05) is 134 Å². The van der Waals surface area contributed by atoms with E-state index < -0.39 is 123 Å². The summed E-state index contributed by atoms with van der Waals surface area (Å²) >= 11 is 0. The van der Waals surface area contributed by atoms with Crippen LogP contribution in [-0.2, 0) is 90.5 Å². The Morgan fingerprint density at radius 2 is 0.825 bits per heavy atom. The van der Waals surface area contributed by atoms with Crippen molar-refractivity contribution in [1.82, 2.24) is 20.9 Å². The van der Waals surface area contributed by atoms with Gasteiger partial charge in [-0.15, -0.1) is 0 Å². The van der Waals surface area contributed by atoms with Crippen molar-refractivity contribution < 1.29 is 141 Å². The van der Waals surface area contributed by atoms with Gasteiger partial charge in [0.15, 0.2) is 18.9 Å². The number of alkyl carbamates (subject to hydrolysis) is 1. The number of aliphatic hydroxyl groups is 9. The Hall–Kier alpha value is -4.35. The van der Waals surface area contributed by atoms with E-state index in [2.05, 4.69) is 16.0 Å². The molecule has 0 saturated carbocycles. The van der Waals surface area contributed by atoms with E-state index in [4.69, 9.17) is 52.1 Å². The number of nitrogens with zero attached hydrogens (tertiary/aromatic N) is 1. The first-order valence-electron chi connectivity index (χ1n) is 44.4. The highest BCUT2D eigenvalue weighted by Gasteiger charge is 2.45. The van der Waals surface area contributed by atoms with Crippen LogP contribution in [-0.4, -0.2) is 308 Å². The summed E-state index contributed by atoms with van der Waals surface area (Å²) < 4.78 is 61.8. The lowest BCUT2D eigenvalue weighted by molar-refractivity contribution is -0.282. The fraction of sp³-hybridized carbons (Fsp3) is 0.894. The van der Waals surface area contributed by atoms with E-state index in [9.17, 15) is 89.1 Å². The van der Waals surface area contributed by atoms with Crippen molar-refractivity contribution in [2.24, 2.45) is 23.2 Å². The van der Waals surface area contributed by atoms with Crippen molar-refractivity contribution >= 4 is 74.7 Å². The average molecular weight is 1760 g/mol. The third-order valence-electron chi connectivity index (χ3n) is 22.9. The SMILES string of the molecule is COC[C@H]1C[C@H](OC)CN1C(=O)CCCCC(=O)CCCSSCCC(=O)CC(CCCOC(=O)CCCCCCCNC(=O)CCCOC1OC(CO)C(O)C(O)C1C)(CCCOC(=O)CCCCCCCNC(=O)COC1OC(CO)C(O)C(O)C1C)CCCOC(=O)NCCCCCCCC(=O)CCCOC1OC(CO)C(O)C(O)C1C. The normalized spacial score (nSPS) is 25.4. The highest BCUT2D eigenvalue weighted by molar-refractivity contribution is 8.76. The number of nitrogens with one attached hydrogen (secondary N) is 3. The number of carbonyl (C=O) groups excluding carboxylic acids is 9. The molecule has 4 aliphatic rings. The van der Waals surface area contributed by atoms with E-state index in [1.165, 1.54) is 0 Å². The number of amides is 4. The van der Waals surface area contributed by atoms with E-state index in [-0.39, 0.29) is 131 Å². The fourth-order valence-electron chi connectivity index (χ4n) is 15.4. The molecule has 0 spiro atoms. The number of esters is 2. The van der Waals surface area contributed by atoms with Crippen molar-refractivity contribution in [2.75, 3.05) is 118 Å². The third kappa shape index (κ3) is 44.2. The molecule has 18 atom stereocenters. The van der Waals surface area contributed by atoms with E-state index in [0.29, 0.717) is 173 Å². The smallest absolute Gasteiger partial charge is 0.407 e. The van der Waals surface area contributed by atoms with Gasteiger partial charge in [-0.05, 0) is 121 Å². The summed E-state index contributed by atoms with van der Waals surface area (Å²) in [4.78, 5) is 119. The predicted molar refractivity (Wildman–Crippen MR) is 447 cm³/mol. The largest absolute Gasteiger partial charge is 0.466 e. The Balaban J connectivity index is 1.26. The molecule has 696 valence electrons. The minimum Gasteiger partial charge on any atom is -0.466 e. The minimum absolute atomic E-state index is 0.0168. The van der Waals surface area contributed by atoms with Crippen molar-refractivity contribution in [1.29, 1.82) is 0 Å². The molecule has 4 aliphatic heterocycles. The number of ketones is 3. The Morgan fingerprint density at radius 1 is 0.417 bits per heavy atom. The van der Waals surface area contributed by atoms with Crippen LogP contribution in [0, 0.1) is 23.2 Å². The summed E-state index contributed by atoms with van der Waals surface area (Å²) in [5.74, 6) is -1.27. The standard InChI is InChI=1S/C85H150N4O29S2/c1-59-75(101)78(104)67(54-90)116-81(59)112-44-23-31-63(93)29-15-9-6-14-22-43-88-84(107)114-48-28-40-85(52-65(95)37-50-120-119-49-25-32-64(94)30-18-19-34-72(98)89-53-66(109-5)51-62(89)57-108-4,39-27-47-111-74(100)36-17-11-8-13-21-42-87-71(97)58-115-83-61(3)77(103)80(106)69(56-92)118-83)38-26-46-110-73(99)35-16-10-7-12-20-41-86-70(96)33-24-45-113-82-60(2)76(102)79(105)68(55-91)117-82/h59-62,66-69,75-83,90-92,101-106H,6-58H2,1-5H3,(H,86,96)(H,87,97)(H,88,107)/t59?,60?,61?,62-,66+,67?,68?,69?,75?,76?,77?,78?,79?,80?,81?,82?,83?,85?/m1/s1. The van der Waals surface area contributed by atoms with Gasteiger partial charge >= 0.3 is 18.0 Å². The molecule has 0 aliphatic carbocycles. The van der Waals surface area contributed by atoms with Gasteiger partial charge in [-0.25, -0.2) is 4.79 Å². The summed E-state index contributed by atoms with van der Waals surface area (Å²) in [5.41, 5.74) is -0.647. The molecule has 16 unspecified atom stereocenters. The highest BCUT2D eigenvalue weighted by Crippen LogP contribution is 2.41. The molecule has 0 aromatic rings. The summed E-state index contributed by atoms with van der Waals surface area (Å²) in [5, 5.41) is 98.2.